The molecule has 6 nitrogen and oxygen atoms in total. The van der Waals surface area contributed by atoms with Gasteiger partial charge >= 0.3 is 0 Å². The van der Waals surface area contributed by atoms with Crippen LogP contribution in [0.1, 0.15) is 39.2 Å². The number of hydrogen-bond acceptors (Lipinski definition) is 5. The summed E-state index contributed by atoms with van der Waals surface area (Å²) in [6.45, 7) is 6.60. The van der Waals surface area contributed by atoms with Gasteiger partial charge in [0.05, 0.1) is 30.5 Å². The molecule has 0 aliphatic carbocycles. The second-order valence-electron chi connectivity index (χ2n) is 9.99. The molecule has 5 unspecified atom stereocenters. The van der Waals surface area contributed by atoms with Crippen LogP contribution in [0.15, 0.2) is 28.7 Å². The van der Waals surface area contributed by atoms with Gasteiger partial charge in [0.25, 0.3) is 0 Å². The normalized spacial score (nSPS) is 31.8. The molecule has 0 N–H and O–H groups in total. The first-order chi connectivity index (χ1) is 14.7. The Hall–Kier alpha value is -1.99. The maximum atomic E-state index is 13.7. The van der Waals surface area contributed by atoms with Gasteiger partial charge in [-0.15, -0.1) is 0 Å². The van der Waals surface area contributed by atoms with Crippen LogP contribution >= 0.6 is 15.9 Å². The van der Waals surface area contributed by atoms with E-state index in [4.69, 9.17) is 4.74 Å². The van der Waals surface area contributed by atoms with E-state index in [-0.39, 0.29) is 29.7 Å². The summed E-state index contributed by atoms with van der Waals surface area (Å²) in [6.07, 6.45) is 5.70. The van der Waals surface area contributed by atoms with Gasteiger partial charge in [0.1, 0.15) is 6.04 Å². The number of likely N-dealkylation sites (tertiary alicyclic amines) is 1. The van der Waals surface area contributed by atoms with E-state index in [1.54, 1.807) is 0 Å². The molecule has 4 aliphatic rings. The first-order valence-corrected chi connectivity index (χ1v) is 11.7. The molecule has 5 rings (SSSR count). The van der Waals surface area contributed by atoms with E-state index >= 15 is 0 Å². The van der Waals surface area contributed by atoms with Gasteiger partial charge in [0, 0.05) is 22.2 Å². The van der Waals surface area contributed by atoms with Gasteiger partial charge in [0.15, 0.2) is 5.78 Å². The second-order valence-corrected chi connectivity index (χ2v) is 10.9. The third-order valence-corrected chi connectivity index (χ3v) is 7.47. The van der Waals surface area contributed by atoms with Gasteiger partial charge in [-0.25, -0.2) is 0 Å². The molecule has 0 radical (unpaired) electrons. The zero-order valence-corrected chi connectivity index (χ0v) is 19.6. The van der Waals surface area contributed by atoms with Crippen molar-refractivity contribution in [3.05, 3.63) is 34.3 Å². The van der Waals surface area contributed by atoms with Gasteiger partial charge in [-0.1, -0.05) is 48.9 Å². The highest BCUT2D eigenvalue weighted by molar-refractivity contribution is 9.10. The summed E-state index contributed by atoms with van der Waals surface area (Å²) in [4.78, 5) is 44.1. The standard InChI is InChI=1S/C24H27BrN2O4/c1-24(2,3)21(28)20-19-18(22(29)26(23(19)30)12-15-5-4-10-31-15)17-8-6-13-11-14(25)7-9-16(13)27(17)20/h6-9,11,15,17-20H,4-5,10,12H2,1-3H3. The number of fused-ring (bicyclic) bond motifs is 5. The summed E-state index contributed by atoms with van der Waals surface area (Å²) in [6, 6.07) is 4.95. The Morgan fingerprint density at radius 2 is 1.94 bits per heavy atom. The molecule has 0 bridgehead atoms. The summed E-state index contributed by atoms with van der Waals surface area (Å²) in [5, 5.41) is 0. The molecule has 31 heavy (non-hydrogen) atoms. The minimum absolute atomic E-state index is 0.00529. The van der Waals surface area contributed by atoms with E-state index in [1.807, 2.05) is 56.0 Å². The van der Waals surface area contributed by atoms with Crippen molar-refractivity contribution in [1.29, 1.82) is 0 Å². The third-order valence-electron chi connectivity index (χ3n) is 6.98. The molecule has 1 aromatic rings. The number of ketones is 1. The van der Waals surface area contributed by atoms with Crippen molar-refractivity contribution in [1.82, 2.24) is 4.90 Å². The largest absolute Gasteiger partial charge is 0.376 e. The van der Waals surface area contributed by atoms with Crippen molar-refractivity contribution in [2.45, 2.75) is 51.8 Å². The predicted octanol–water partition coefficient (Wildman–Crippen LogP) is 3.43. The molecule has 4 aliphatic heterocycles. The molecule has 5 atom stereocenters. The molecule has 164 valence electrons. The fourth-order valence-corrected chi connectivity index (χ4v) is 5.90. The van der Waals surface area contributed by atoms with E-state index in [2.05, 4.69) is 15.9 Å². The predicted molar refractivity (Wildman–Crippen MR) is 120 cm³/mol. The summed E-state index contributed by atoms with van der Waals surface area (Å²) in [7, 11) is 0. The van der Waals surface area contributed by atoms with E-state index in [0.717, 1.165) is 28.6 Å². The lowest BCUT2D eigenvalue weighted by Crippen LogP contribution is -2.52. The van der Waals surface area contributed by atoms with Crippen LogP contribution in [0.25, 0.3) is 6.08 Å². The molecular formula is C24H27BrN2O4. The Labute approximate surface area is 190 Å². The van der Waals surface area contributed by atoms with Crippen molar-refractivity contribution < 1.29 is 19.1 Å². The van der Waals surface area contributed by atoms with Crippen LogP contribution in [0.3, 0.4) is 0 Å². The number of imide groups is 1. The Balaban J connectivity index is 1.58. The van der Waals surface area contributed by atoms with E-state index in [9.17, 15) is 14.4 Å². The zero-order valence-electron chi connectivity index (χ0n) is 18.0. The fraction of sp³-hybridized carbons (Fsp3) is 0.542. The maximum Gasteiger partial charge on any atom is 0.235 e. The number of ether oxygens (including phenoxy) is 1. The molecule has 1 aromatic carbocycles. The minimum Gasteiger partial charge on any atom is -0.376 e. The summed E-state index contributed by atoms with van der Waals surface area (Å²) >= 11 is 3.51. The Bertz CT molecular complexity index is 992. The number of benzene rings is 1. The van der Waals surface area contributed by atoms with Crippen LogP contribution in [0.4, 0.5) is 5.69 Å². The van der Waals surface area contributed by atoms with Gasteiger partial charge in [-0.05, 0) is 36.6 Å². The van der Waals surface area contributed by atoms with Crippen molar-refractivity contribution in [2.24, 2.45) is 17.3 Å². The number of carbonyl (C=O) groups excluding carboxylic acids is 3. The van der Waals surface area contributed by atoms with Crippen molar-refractivity contribution in [2.75, 3.05) is 18.1 Å². The first kappa shape index (κ1) is 20.9. The number of amides is 2. The molecule has 0 saturated carbocycles. The summed E-state index contributed by atoms with van der Waals surface area (Å²) in [5.41, 5.74) is 1.25. The van der Waals surface area contributed by atoms with Gasteiger partial charge in [0.2, 0.25) is 11.8 Å². The molecule has 4 heterocycles. The molecule has 2 amide bonds. The SMILES string of the molecule is CC(C)(C)C(=O)C1C2C(=O)N(CC3CCCO3)C(=O)C2C2C=Cc3cc(Br)ccc3N21. The van der Waals surface area contributed by atoms with Crippen molar-refractivity contribution in [3.63, 3.8) is 0 Å². The van der Waals surface area contributed by atoms with Gasteiger partial charge < -0.3 is 9.64 Å². The molecule has 0 aromatic heterocycles. The number of nitrogens with zero attached hydrogens (tertiary/aromatic N) is 2. The number of halogens is 1. The highest BCUT2D eigenvalue weighted by atomic mass is 79.9. The van der Waals surface area contributed by atoms with E-state index in [0.29, 0.717) is 13.2 Å². The summed E-state index contributed by atoms with van der Waals surface area (Å²) < 4.78 is 6.63. The monoisotopic (exact) mass is 486 g/mol. The van der Waals surface area contributed by atoms with Crippen LogP contribution in [0.2, 0.25) is 0 Å². The molecule has 0 spiro atoms. The van der Waals surface area contributed by atoms with Gasteiger partial charge in [-0.2, -0.15) is 0 Å². The summed E-state index contributed by atoms with van der Waals surface area (Å²) in [5.74, 6) is -1.61. The second kappa shape index (κ2) is 7.27. The average molecular weight is 487 g/mol. The fourth-order valence-electron chi connectivity index (χ4n) is 5.52. The lowest BCUT2D eigenvalue weighted by atomic mass is 9.79. The Morgan fingerprint density at radius 1 is 1.19 bits per heavy atom. The number of anilines is 1. The zero-order chi connectivity index (χ0) is 22.1. The lowest BCUT2D eigenvalue weighted by molar-refractivity contribution is -0.143. The topological polar surface area (TPSA) is 66.9 Å². The quantitative estimate of drug-likeness (QED) is 0.612. The number of carbonyl (C=O) groups is 3. The highest BCUT2D eigenvalue weighted by Crippen LogP contribution is 2.50. The number of rotatable bonds is 3. The average Bonchev–Trinajstić information content (AvgIpc) is 3.40. The number of Topliss-reactive ketones (excluding diaryl/α,β-unsaturated/α-hetero) is 1. The lowest BCUT2D eigenvalue weighted by Gasteiger charge is -2.38. The Morgan fingerprint density at radius 3 is 2.61 bits per heavy atom. The minimum atomic E-state index is -0.662. The highest BCUT2D eigenvalue weighted by Gasteiger charge is 2.64. The first-order valence-electron chi connectivity index (χ1n) is 11.0. The van der Waals surface area contributed by atoms with Crippen LogP contribution in [-0.2, 0) is 19.1 Å². The smallest absolute Gasteiger partial charge is 0.235 e. The van der Waals surface area contributed by atoms with Crippen molar-refractivity contribution in [3.8, 4) is 0 Å². The van der Waals surface area contributed by atoms with Crippen LogP contribution in [-0.4, -0.2) is 53.8 Å². The van der Waals surface area contributed by atoms with Crippen LogP contribution in [0.5, 0.6) is 0 Å². The van der Waals surface area contributed by atoms with Crippen LogP contribution in [0, 0.1) is 17.3 Å². The molecular weight excluding hydrogens is 460 g/mol. The third kappa shape index (κ3) is 3.20. The molecule has 3 fully saturated rings. The molecule has 3 saturated heterocycles. The maximum absolute atomic E-state index is 13.7. The van der Waals surface area contributed by atoms with Crippen LogP contribution < -0.4 is 4.90 Å². The Kier molecular flexibility index (Phi) is 4.90. The van der Waals surface area contributed by atoms with E-state index in [1.165, 1.54) is 4.90 Å². The van der Waals surface area contributed by atoms with Crippen molar-refractivity contribution >= 4 is 45.3 Å². The number of hydrogen-bond donors (Lipinski definition) is 0. The van der Waals surface area contributed by atoms with Gasteiger partial charge in [-0.3, -0.25) is 19.3 Å². The molecule has 7 heteroatoms. The van der Waals surface area contributed by atoms with E-state index < -0.39 is 23.3 Å².